The predicted octanol–water partition coefficient (Wildman–Crippen LogP) is 7.03. The van der Waals surface area contributed by atoms with E-state index in [9.17, 15) is 9.59 Å². The molecule has 5 nitrogen and oxygen atoms in total. The Morgan fingerprint density at radius 3 is 2.26 bits per heavy atom. The summed E-state index contributed by atoms with van der Waals surface area (Å²) in [6.07, 6.45) is 8.42. The number of rotatable bonds is 8. The third-order valence-corrected chi connectivity index (χ3v) is 7.40. The number of benzene rings is 3. The third kappa shape index (κ3) is 6.71. The smallest absolute Gasteiger partial charge is 0.330 e. The van der Waals surface area contributed by atoms with Crippen molar-refractivity contribution >= 4 is 29.3 Å². The maximum absolute atomic E-state index is 13.8. The zero-order chi connectivity index (χ0) is 27.1. The average Bonchev–Trinajstić information content (AvgIpc) is 2.95. The Hall–Kier alpha value is -3.86. The van der Waals surface area contributed by atoms with Gasteiger partial charge in [-0.3, -0.25) is 4.79 Å². The summed E-state index contributed by atoms with van der Waals surface area (Å²) in [6.45, 7) is 2.62. The molecule has 38 heavy (non-hydrogen) atoms. The Labute approximate surface area is 226 Å². The second kappa shape index (κ2) is 12.6. The third-order valence-electron chi connectivity index (χ3n) is 7.40. The lowest BCUT2D eigenvalue weighted by Gasteiger charge is -2.30. The number of hydrogen-bond donors (Lipinski definition) is 0. The van der Waals surface area contributed by atoms with Gasteiger partial charge in [0.15, 0.2) is 0 Å². The highest BCUT2D eigenvalue weighted by Crippen LogP contribution is 2.31. The van der Waals surface area contributed by atoms with Gasteiger partial charge >= 0.3 is 5.97 Å². The minimum Gasteiger partial charge on any atom is -0.466 e. The Morgan fingerprint density at radius 1 is 0.895 bits per heavy atom. The SMILES string of the molecule is COC(=O)/C=C/c1cccc(N(Cc2ccc(-c3ccc(N(C)C)cc3)cc2C)C(=O)C2CCCCC2)c1. The molecule has 3 aromatic rings. The van der Waals surface area contributed by atoms with E-state index in [0.29, 0.717) is 6.54 Å². The van der Waals surface area contributed by atoms with Crippen molar-refractivity contribution in [2.45, 2.75) is 45.6 Å². The largest absolute Gasteiger partial charge is 0.466 e. The molecule has 0 atom stereocenters. The van der Waals surface area contributed by atoms with E-state index >= 15 is 0 Å². The van der Waals surface area contributed by atoms with Crippen LogP contribution in [0.15, 0.2) is 72.8 Å². The van der Waals surface area contributed by atoms with Crippen LogP contribution < -0.4 is 9.80 Å². The highest BCUT2D eigenvalue weighted by molar-refractivity contribution is 5.95. The first kappa shape index (κ1) is 27.2. The monoisotopic (exact) mass is 510 g/mol. The number of carbonyl (C=O) groups is 2. The van der Waals surface area contributed by atoms with Crippen LogP contribution in [0.3, 0.4) is 0 Å². The quantitative estimate of drug-likeness (QED) is 0.241. The molecule has 4 rings (SSSR count). The number of aryl methyl sites for hydroxylation is 1. The van der Waals surface area contributed by atoms with Gasteiger partial charge in [0.05, 0.1) is 13.7 Å². The summed E-state index contributed by atoms with van der Waals surface area (Å²) >= 11 is 0. The van der Waals surface area contributed by atoms with Gasteiger partial charge < -0.3 is 14.5 Å². The van der Waals surface area contributed by atoms with Gasteiger partial charge in [-0.25, -0.2) is 4.79 Å². The number of amides is 1. The molecule has 0 N–H and O–H groups in total. The van der Waals surface area contributed by atoms with Gasteiger partial charge in [0.2, 0.25) is 5.91 Å². The fourth-order valence-corrected chi connectivity index (χ4v) is 5.07. The Morgan fingerprint density at radius 2 is 1.61 bits per heavy atom. The summed E-state index contributed by atoms with van der Waals surface area (Å²) in [5.74, 6) is -0.174. The van der Waals surface area contributed by atoms with Gasteiger partial charge in [-0.15, -0.1) is 0 Å². The lowest BCUT2D eigenvalue weighted by molar-refractivity contribution is -0.134. The van der Waals surface area contributed by atoms with Crippen LogP contribution in [0.4, 0.5) is 11.4 Å². The maximum atomic E-state index is 13.8. The molecular weight excluding hydrogens is 472 g/mol. The van der Waals surface area contributed by atoms with Crippen molar-refractivity contribution in [3.63, 3.8) is 0 Å². The number of methoxy groups -OCH3 is 1. The lowest BCUT2D eigenvalue weighted by atomic mass is 9.88. The molecule has 1 amide bonds. The molecule has 0 saturated heterocycles. The molecule has 1 aliphatic carbocycles. The van der Waals surface area contributed by atoms with Crippen molar-refractivity contribution in [1.29, 1.82) is 0 Å². The molecule has 0 heterocycles. The van der Waals surface area contributed by atoms with Crippen LogP contribution in [0, 0.1) is 12.8 Å². The summed E-state index contributed by atoms with van der Waals surface area (Å²) < 4.78 is 4.72. The van der Waals surface area contributed by atoms with Crippen LogP contribution in [0.25, 0.3) is 17.2 Å². The number of nitrogens with zero attached hydrogens (tertiary/aromatic N) is 2. The fourth-order valence-electron chi connectivity index (χ4n) is 5.07. The molecule has 0 aromatic heterocycles. The molecule has 0 aliphatic heterocycles. The van der Waals surface area contributed by atoms with E-state index in [0.717, 1.165) is 53.6 Å². The first-order valence-electron chi connectivity index (χ1n) is 13.4. The standard InChI is InChI=1S/C33H38N2O3/c1-24-21-28(26-16-18-30(19-17-26)34(2)3)14-15-29(24)23-35(33(37)27-10-6-5-7-11-27)31-12-8-9-25(22-31)13-20-32(36)38-4/h8-9,12-22,27H,5-7,10-11,23H2,1-4H3/b20-13+. The number of esters is 1. The van der Waals surface area contributed by atoms with E-state index in [4.69, 9.17) is 4.74 Å². The molecule has 1 aliphatic rings. The molecule has 198 valence electrons. The van der Waals surface area contributed by atoms with Gasteiger partial charge in [-0.2, -0.15) is 0 Å². The van der Waals surface area contributed by atoms with Crippen LogP contribution >= 0.6 is 0 Å². The lowest BCUT2D eigenvalue weighted by Crippen LogP contribution is -2.37. The molecular formula is C33H38N2O3. The average molecular weight is 511 g/mol. The Bertz CT molecular complexity index is 1290. The second-order valence-corrected chi connectivity index (χ2v) is 10.3. The van der Waals surface area contributed by atoms with Gasteiger partial charge in [0.1, 0.15) is 0 Å². The van der Waals surface area contributed by atoms with E-state index in [1.807, 2.05) is 43.3 Å². The van der Waals surface area contributed by atoms with Gasteiger partial charge in [-0.1, -0.05) is 61.7 Å². The van der Waals surface area contributed by atoms with Gasteiger partial charge in [0.25, 0.3) is 0 Å². The Kier molecular flexibility index (Phi) is 9.01. The zero-order valence-corrected chi connectivity index (χ0v) is 22.9. The minimum absolute atomic E-state index is 0.0489. The molecule has 1 saturated carbocycles. The van der Waals surface area contributed by atoms with E-state index in [1.54, 1.807) is 6.08 Å². The molecule has 1 fully saturated rings. The number of anilines is 2. The van der Waals surface area contributed by atoms with Crippen LogP contribution in [-0.2, 0) is 20.9 Å². The molecule has 0 spiro atoms. The van der Waals surface area contributed by atoms with Crippen molar-refractivity contribution in [3.8, 4) is 11.1 Å². The van der Waals surface area contributed by atoms with Crippen molar-refractivity contribution in [3.05, 3.63) is 89.5 Å². The van der Waals surface area contributed by atoms with Crippen molar-refractivity contribution < 1.29 is 14.3 Å². The number of ether oxygens (including phenoxy) is 1. The summed E-state index contributed by atoms with van der Waals surface area (Å²) in [4.78, 5) is 29.5. The molecule has 3 aromatic carbocycles. The summed E-state index contributed by atoms with van der Waals surface area (Å²) in [5, 5.41) is 0. The molecule has 5 heteroatoms. The first-order chi connectivity index (χ1) is 18.4. The number of carbonyl (C=O) groups excluding carboxylic acids is 2. The number of hydrogen-bond acceptors (Lipinski definition) is 4. The molecule has 0 bridgehead atoms. The summed E-state index contributed by atoms with van der Waals surface area (Å²) in [5.41, 5.74) is 7.48. The molecule has 0 unspecified atom stereocenters. The first-order valence-corrected chi connectivity index (χ1v) is 13.4. The normalized spacial score (nSPS) is 13.9. The van der Waals surface area contributed by atoms with Crippen LogP contribution in [0.2, 0.25) is 0 Å². The van der Waals surface area contributed by atoms with Crippen LogP contribution in [0.5, 0.6) is 0 Å². The van der Waals surface area contributed by atoms with Crippen LogP contribution in [0.1, 0.15) is 48.8 Å². The highest BCUT2D eigenvalue weighted by atomic mass is 16.5. The topological polar surface area (TPSA) is 49.9 Å². The highest BCUT2D eigenvalue weighted by Gasteiger charge is 2.27. The van der Waals surface area contributed by atoms with E-state index in [1.165, 1.54) is 30.9 Å². The van der Waals surface area contributed by atoms with Gasteiger partial charge in [0, 0.05) is 37.5 Å². The van der Waals surface area contributed by atoms with E-state index in [2.05, 4.69) is 54.3 Å². The Balaban J connectivity index is 1.63. The fraction of sp³-hybridized carbons (Fsp3) is 0.333. The molecule has 0 radical (unpaired) electrons. The predicted molar refractivity (Wildman–Crippen MR) is 156 cm³/mol. The maximum Gasteiger partial charge on any atom is 0.330 e. The second-order valence-electron chi connectivity index (χ2n) is 10.3. The van der Waals surface area contributed by atoms with E-state index in [-0.39, 0.29) is 11.8 Å². The van der Waals surface area contributed by atoms with Crippen LogP contribution in [-0.4, -0.2) is 33.1 Å². The van der Waals surface area contributed by atoms with Crippen molar-refractivity contribution in [2.24, 2.45) is 5.92 Å². The van der Waals surface area contributed by atoms with Crippen molar-refractivity contribution in [1.82, 2.24) is 0 Å². The van der Waals surface area contributed by atoms with Gasteiger partial charge in [-0.05, 0) is 77.9 Å². The van der Waals surface area contributed by atoms with E-state index < -0.39 is 5.97 Å². The minimum atomic E-state index is -0.405. The zero-order valence-electron chi connectivity index (χ0n) is 22.9. The summed E-state index contributed by atoms with van der Waals surface area (Å²) in [7, 11) is 5.44. The summed E-state index contributed by atoms with van der Waals surface area (Å²) in [6, 6.07) is 22.9. The van der Waals surface area contributed by atoms with Crippen molar-refractivity contribution in [2.75, 3.05) is 31.0 Å².